The van der Waals surface area contributed by atoms with Crippen molar-refractivity contribution < 1.29 is 12.8 Å². The predicted molar refractivity (Wildman–Crippen MR) is 127 cm³/mol. The molecule has 0 saturated carbocycles. The van der Waals surface area contributed by atoms with E-state index in [4.69, 9.17) is 6.57 Å². The molecule has 0 bridgehead atoms. The van der Waals surface area contributed by atoms with Crippen LogP contribution in [-0.4, -0.2) is 63.7 Å². The van der Waals surface area contributed by atoms with Gasteiger partial charge in [0.15, 0.2) is 9.84 Å². The molecule has 1 saturated heterocycles. The fourth-order valence-corrected chi connectivity index (χ4v) is 6.85. The van der Waals surface area contributed by atoms with E-state index >= 15 is 0 Å². The highest BCUT2D eigenvalue weighted by Gasteiger charge is 2.37. The van der Waals surface area contributed by atoms with E-state index in [9.17, 15) is 12.8 Å². The highest BCUT2D eigenvalue weighted by atomic mass is 32.2. The van der Waals surface area contributed by atoms with Gasteiger partial charge in [-0.25, -0.2) is 27.6 Å². The number of fused-ring (bicyclic) bond motifs is 2. The number of hydrogen-bond donors (Lipinski definition) is 1. The molecule has 10 nitrogen and oxygen atoms in total. The lowest BCUT2D eigenvalue weighted by Gasteiger charge is -2.23. The summed E-state index contributed by atoms with van der Waals surface area (Å²) in [5.74, 6) is 0.281. The SMILES string of the molecule is [C-]#[N+]c1c(N2CC[C@H](C(CF)n3cc(-c4ncnc5[nH]ccc45)cn3)C2)ncc2c1S(=O)(=O)CC2. The van der Waals surface area contributed by atoms with Crippen LogP contribution in [0.25, 0.3) is 27.1 Å². The number of aromatic nitrogens is 6. The van der Waals surface area contributed by atoms with Gasteiger partial charge in [0.25, 0.3) is 0 Å². The Kier molecular flexibility index (Phi) is 5.03. The third-order valence-electron chi connectivity index (χ3n) is 6.92. The zero-order valence-electron chi connectivity index (χ0n) is 18.6. The van der Waals surface area contributed by atoms with Gasteiger partial charge in [-0.15, -0.1) is 0 Å². The summed E-state index contributed by atoms with van der Waals surface area (Å²) in [4.78, 5) is 21.6. The van der Waals surface area contributed by atoms with Gasteiger partial charge in [-0.1, -0.05) is 0 Å². The number of alkyl halides is 1. The van der Waals surface area contributed by atoms with Crippen LogP contribution in [0.15, 0.2) is 42.1 Å². The van der Waals surface area contributed by atoms with Crippen LogP contribution in [0.3, 0.4) is 0 Å². The molecule has 0 radical (unpaired) electrons. The number of sulfone groups is 1. The van der Waals surface area contributed by atoms with E-state index in [-0.39, 0.29) is 22.3 Å². The van der Waals surface area contributed by atoms with Gasteiger partial charge in [0, 0.05) is 48.5 Å². The molecule has 1 N–H and O–H groups in total. The summed E-state index contributed by atoms with van der Waals surface area (Å²) in [5, 5.41) is 5.30. The summed E-state index contributed by atoms with van der Waals surface area (Å²) in [5.41, 5.74) is 2.89. The molecule has 2 aliphatic heterocycles. The van der Waals surface area contributed by atoms with E-state index in [1.54, 1.807) is 29.5 Å². The van der Waals surface area contributed by atoms with Gasteiger partial charge in [-0.05, 0) is 24.5 Å². The second-order valence-electron chi connectivity index (χ2n) is 8.85. The number of aromatic amines is 1. The Labute approximate surface area is 200 Å². The normalized spacial score (nSPS) is 19.7. The maximum atomic E-state index is 14.3. The van der Waals surface area contributed by atoms with Crippen LogP contribution in [0.1, 0.15) is 18.0 Å². The lowest BCUT2D eigenvalue weighted by atomic mass is 10.0. The van der Waals surface area contributed by atoms with Crippen LogP contribution in [0.5, 0.6) is 0 Å². The number of nitrogens with one attached hydrogen (secondary N) is 1. The van der Waals surface area contributed by atoms with Crippen LogP contribution < -0.4 is 4.90 Å². The predicted octanol–water partition coefficient (Wildman–Crippen LogP) is 3.13. The molecule has 1 fully saturated rings. The van der Waals surface area contributed by atoms with E-state index in [1.165, 1.54) is 6.33 Å². The zero-order chi connectivity index (χ0) is 24.2. The largest absolute Gasteiger partial charge is 0.365 e. The number of aryl methyl sites for hydroxylation is 1. The minimum Gasteiger partial charge on any atom is -0.365 e. The van der Waals surface area contributed by atoms with Gasteiger partial charge in [0.05, 0.1) is 35.2 Å². The molecule has 1 unspecified atom stereocenters. The number of pyridine rings is 1. The van der Waals surface area contributed by atoms with E-state index in [0.29, 0.717) is 37.3 Å². The first-order valence-electron chi connectivity index (χ1n) is 11.3. The van der Waals surface area contributed by atoms with Crippen molar-refractivity contribution in [3.63, 3.8) is 0 Å². The van der Waals surface area contributed by atoms with Crippen molar-refractivity contribution in [3.8, 4) is 11.3 Å². The Morgan fingerprint density at radius 3 is 3.00 bits per heavy atom. The summed E-state index contributed by atoms with van der Waals surface area (Å²) in [6, 6.07) is 1.38. The second-order valence-corrected chi connectivity index (χ2v) is 10.9. The van der Waals surface area contributed by atoms with Crippen LogP contribution in [0, 0.1) is 12.5 Å². The van der Waals surface area contributed by atoms with E-state index < -0.39 is 22.6 Å². The second kappa shape index (κ2) is 8.13. The fourth-order valence-electron chi connectivity index (χ4n) is 5.17. The maximum absolute atomic E-state index is 14.3. The van der Waals surface area contributed by atoms with Gasteiger partial charge in [-0.2, -0.15) is 5.10 Å². The summed E-state index contributed by atoms with van der Waals surface area (Å²) >= 11 is 0. The average molecular weight is 493 g/mol. The molecule has 6 rings (SSSR count). The first kappa shape index (κ1) is 21.7. The summed E-state index contributed by atoms with van der Waals surface area (Å²) in [6.07, 6.45) is 9.35. The van der Waals surface area contributed by atoms with E-state index in [0.717, 1.165) is 22.3 Å². The molecule has 6 heterocycles. The topological polar surface area (TPSA) is 114 Å². The van der Waals surface area contributed by atoms with Crippen LogP contribution in [0.4, 0.5) is 15.9 Å². The molecule has 0 amide bonds. The Bertz CT molecular complexity index is 1590. The van der Waals surface area contributed by atoms with Gasteiger partial charge in [0.2, 0.25) is 5.69 Å². The molecule has 2 atom stereocenters. The standard InChI is InChI=1S/C23H21FN8O2S/c1-25-20-21-14(4-7-35(21,33)34)9-27-23(20)31-6-3-15(11-31)18(8-24)32-12-16(10-30-32)19-17-2-5-26-22(17)29-13-28-19/h2,5,9-10,12-13,15,18H,3-4,6-8,11H2,(H,26,28,29)/t15-,18?/m0/s1. The average Bonchev–Trinajstić information content (AvgIpc) is 3.66. The molecule has 178 valence electrons. The van der Waals surface area contributed by atoms with Crippen molar-refractivity contribution in [1.29, 1.82) is 0 Å². The minimum absolute atomic E-state index is 0.00552. The molecule has 0 aliphatic carbocycles. The minimum atomic E-state index is -3.48. The molecule has 12 heteroatoms. The Balaban J connectivity index is 1.28. The number of anilines is 1. The quantitative estimate of drug-likeness (QED) is 0.426. The number of hydrogen-bond acceptors (Lipinski definition) is 7. The first-order valence-corrected chi connectivity index (χ1v) is 12.9. The van der Waals surface area contributed by atoms with Crippen molar-refractivity contribution in [2.45, 2.75) is 23.8 Å². The molecule has 4 aromatic heterocycles. The van der Waals surface area contributed by atoms with Gasteiger partial charge >= 0.3 is 0 Å². The molecule has 2 aliphatic rings. The van der Waals surface area contributed by atoms with Crippen molar-refractivity contribution in [2.24, 2.45) is 5.92 Å². The van der Waals surface area contributed by atoms with Gasteiger partial charge < -0.3 is 9.88 Å². The molecular formula is C23H21FN8O2S. The van der Waals surface area contributed by atoms with Crippen LogP contribution in [0.2, 0.25) is 0 Å². The van der Waals surface area contributed by atoms with Crippen molar-refractivity contribution in [3.05, 3.63) is 54.2 Å². The highest BCUT2D eigenvalue weighted by molar-refractivity contribution is 7.92. The zero-order valence-corrected chi connectivity index (χ0v) is 19.4. The molecule has 0 aromatic carbocycles. The lowest BCUT2D eigenvalue weighted by Crippen LogP contribution is -2.27. The smallest absolute Gasteiger partial charge is 0.246 e. The monoisotopic (exact) mass is 492 g/mol. The number of rotatable bonds is 5. The first-order chi connectivity index (χ1) is 17.0. The maximum Gasteiger partial charge on any atom is 0.246 e. The van der Waals surface area contributed by atoms with Crippen molar-refractivity contribution in [1.82, 2.24) is 29.7 Å². The fraction of sp³-hybridized carbons (Fsp3) is 0.348. The molecule has 35 heavy (non-hydrogen) atoms. The summed E-state index contributed by atoms with van der Waals surface area (Å²) < 4.78 is 41.0. The number of nitrogens with zero attached hydrogens (tertiary/aromatic N) is 7. The number of halogens is 1. The molecule has 0 spiro atoms. The lowest BCUT2D eigenvalue weighted by molar-refractivity contribution is 0.257. The molecular weight excluding hydrogens is 471 g/mol. The van der Waals surface area contributed by atoms with E-state index in [1.807, 2.05) is 11.0 Å². The van der Waals surface area contributed by atoms with Crippen molar-refractivity contribution in [2.75, 3.05) is 30.4 Å². The Morgan fingerprint density at radius 1 is 1.29 bits per heavy atom. The van der Waals surface area contributed by atoms with E-state index in [2.05, 4.69) is 29.9 Å². The summed E-state index contributed by atoms with van der Waals surface area (Å²) in [7, 11) is -3.48. The third-order valence-corrected chi connectivity index (χ3v) is 8.74. The van der Waals surface area contributed by atoms with Crippen LogP contribution in [-0.2, 0) is 16.3 Å². The van der Waals surface area contributed by atoms with Crippen LogP contribution >= 0.6 is 0 Å². The Morgan fingerprint density at radius 2 is 2.17 bits per heavy atom. The van der Waals surface area contributed by atoms with Gasteiger partial charge in [0.1, 0.15) is 24.5 Å². The molecule has 4 aromatic rings. The Hall–Kier alpha value is -3.85. The highest BCUT2D eigenvalue weighted by Crippen LogP contribution is 2.42. The van der Waals surface area contributed by atoms with Gasteiger partial charge in [-0.3, -0.25) is 9.67 Å². The summed E-state index contributed by atoms with van der Waals surface area (Å²) in [6.45, 7) is 8.04. The third kappa shape index (κ3) is 3.46. The number of H-pyrrole nitrogens is 1. The van der Waals surface area contributed by atoms with Crippen molar-refractivity contribution >= 4 is 32.4 Å².